The van der Waals surface area contributed by atoms with Crippen LogP contribution in [0.15, 0.2) is 208 Å². The van der Waals surface area contributed by atoms with Gasteiger partial charge in [0.25, 0.3) is 0 Å². The van der Waals surface area contributed by atoms with Crippen LogP contribution in [0.2, 0.25) is 0 Å². The third-order valence-electron chi connectivity index (χ3n) is 10.7. The Hall–Kier alpha value is -6.55. The molecule has 1 aliphatic rings. The van der Waals surface area contributed by atoms with Crippen molar-refractivity contribution in [1.29, 1.82) is 0 Å². The third kappa shape index (κ3) is 5.20. The van der Waals surface area contributed by atoms with Crippen molar-refractivity contribution in [3.63, 3.8) is 0 Å². The van der Waals surface area contributed by atoms with Crippen molar-refractivity contribution in [2.75, 3.05) is 0 Å². The molecule has 1 heterocycles. The average molecular weight is 711 g/mol. The second kappa shape index (κ2) is 13.1. The van der Waals surface area contributed by atoms with Crippen LogP contribution in [0.1, 0.15) is 28.7 Å². The summed E-state index contributed by atoms with van der Waals surface area (Å²) in [6.07, 6.45) is 9.44. The highest BCUT2D eigenvalue weighted by Crippen LogP contribution is 2.45. The SMILES string of the molecule is C=C(c1ccccc1/C(=C1/C=CC=CC1)c1ccc(S(=O)c2ccccc2)c2ccccc12)c1cc2oc3ccc4ccccc4c3c2c2ccccc12. The fourth-order valence-electron chi connectivity index (χ4n) is 8.27. The van der Waals surface area contributed by atoms with Crippen molar-refractivity contribution in [2.24, 2.45) is 0 Å². The lowest BCUT2D eigenvalue weighted by molar-refractivity contribution is 0.669. The van der Waals surface area contributed by atoms with E-state index < -0.39 is 10.8 Å². The summed E-state index contributed by atoms with van der Waals surface area (Å²) in [5.41, 5.74) is 9.29. The largest absolute Gasteiger partial charge is 0.456 e. The van der Waals surface area contributed by atoms with Crippen LogP contribution < -0.4 is 0 Å². The molecule has 0 bridgehead atoms. The molecule has 2 nitrogen and oxygen atoms in total. The van der Waals surface area contributed by atoms with Crippen LogP contribution in [-0.2, 0) is 10.8 Å². The van der Waals surface area contributed by atoms with Gasteiger partial charge < -0.3 is 4.42 Å². The monoisotopic (exact) mass is 710 g/mol. The van der Waals surface area contributed by atoms with Gasteiger partial charge in [0.1, 0.15) is 11.2 Å². The summed E-state index contributed by atoms with van der Waals surface area (Å²) in [4.78, 5) is 1.60. The lowest BCUT2D eigenvalue weighted by Gasteiger charge is -2.22. The van der Waals surface area contributed by atoms with Crippen molar-refractivity contribution in [2.45, 2.75) is 16.2 Å². The van der Waals surface area contributed by atoms with Gasteiger partial charge in [0.15, 0.2) is 0 Å². The van der Waals surface area contributed by atoms with E-state index in [1.165, 1.54) is 16.3 Å². The van der Waals surface area contributed by atoms with Crippen LogP contribution >= 0.6 is 0 Å². The van der Waals surface area contributed by atoms with Gasteiger partial charge in [-0.3, -0.25) is 0 Å². The standard InChI is InChI=1S/C51H34O2S/c1-33(45-32-47-51(43-27-15-12-24-40(43)45)50-38-22-9-8-16-34(38)28-30-46(50)53-47)37-21-10-14-26-42(37)49(35-17-4-2-5-18-35)44-29-31-48(41-25-13-11-23-39(41)44)54(52)36-19-6-3-7-20-36/h2-17,19-32H,1,18H2/b49-35+. The molecule has 0 radical (unpaired) electrons. The molecule has 1 aromatic heterocycles. The highest BCUT2D eigenvalue weighted by Gasteiger charge is 2.23. The molecule has 1 aliphatic carbocycles. The third-order valence-corrected chi connectivity index (χ3v) is 12.2. The molecule has 54 heavy (non-hydrogen) atoms. The minimum atomic E-state index is -1.33. The smallest absolute Gasteiger partial charge is 0.136 e. The number of hydrogen-bond acceptors (Lipinski definition) is 2. The first kappa shape index (κ1) is 32.1. The summed E-state index contributed by atoms with van der Waals surface area (Å²) >= 11 is 0. The fraction of sp³-hybridized carbons (Fsp3) is 0.0196. The molecule has 0 fully saturated rings. The van der Waals surface area contributed by atoms with E-state index in [0.29, 0.717) is 0 Å². The Bertz CT molecular complexity index is 3100. The topological polar surface area (TPSA) is 30.2 Å². The van der Waals surface area contributed by atoms with Gasteiger partial charge in [-0.2, -0.15) is 0 Å². The van der Waals surface area contributed by atoms with Crippen LogP contribution in [0.4, 0.5) is 0 Å². The molecule has 1 atom stereocenters. The summed E-state index contributed by atoms with van der Waals surface area (Å²) in [6, 6.07) is 54.4. The molecule has 0 amide bonds. The molecular formula is C51H34O2S. The first-order chi connectivity index (χ1) is 26.7. The van der Waals surface area contributed by atoms with Crippen molar-refractivity contribution in [1.82, 2.24) is 0 Å². The van der Waals surface area contributed by atoms with E-state index in [1.807, 2.05) is 42.5 Å². The highest BCUT2D eigenvalue weighted by atomic mass is 32.2. The molecule has 9 aromatic rings. The van der Waals surface area contributed by atoms with Gasteiger partial charge in [0.05, 0.1) is 15.7 Å². The summed E-state index contributed by atoms with van der Waals surface area (Å²) in [5, 5.41) is 8.97. The predicted molar refractivity (Wildman–Crippen MR) is 227 cm³/mol. The van der Waals surface area contributed by atoms with Crippen LogP contribution in [-0.4, -0.2) is 4.21 Å². The Morgan fingerprint density at radius 2 is 1.19 bits per heavy atom. The van der Waals surface area contributed by atoms with Crippen LogP contribution in [0.5, 0.6) is 0 Å². The number of hydrogen-bond donors (Lipinski definition) is 0. The van der Waals surface area contributed by atoms with Gasteiger partial charge >= 0.3 is 0 Å². The van der Waals surface area contributed by atoms with Crippen LogP contribution in [0, 0.1) is 0 Å². The Morgan fingerprint density at radius 3 is 1.96 bits per heavy atom. The second-order valence-electron chi connectivity index (χ2n) is 13.8. The quantitative estimate of drug-likeness (QED) is 0.172. The molecule has 3 heteroatoms. The maximum Gasteiger partial charge on any atom is 0.136 e. The minimum Gasteiger partial charge on any atom is -0.456 e. The van der Waals surface area contributed by atoms with E-state index in [-0.39, 0.29) is 0 Å². The molecule has 0 saturated carbocycles. The molecular weight excluding hydrogens is 677 g/mol. The lowest BCUT2D eigenvalue weighted by Crippen LogP contribution is -2.02. The molecule has 1 unspecified atom stereocenters. The van der Waals surface area contributed by atoms with Gasteiger partial charge in [-0.15, -0.1) is 0 Å². The maximum absolute atomic E-state index is 14.0. The Morgan fingerprint density at radius 1 is 0.537 bits per heavy atom. The Balaban J connectivity index is 1.19. The highest BCUT2D eigenvalue weighted by molar-refractivity contribution is 7.85. The molecule has 0 N–H and O–H groups in total. The Labute approximate surface area is 316 Å². The summed E-state index contributed by atoms with van der Waals surface area (Å²) in [6.45, 7) is 4.83. The molecule has 256 valence electrons. The number of benzene rings is 8. The number of allylic oxidation sites excluding steroid dienone is 5. The first-order valence-corrected chi connectivity index (χ1v) is 19.4. The van der Waals surface area contributed by atoms with Gasteiger partial charge in [0.2, 0.25) is 0 Å². The zero-order valence-corrected chi connectivity index (χ0v) is 30.3. The van der Waals surface area contributed by atoms with Crippen LogP contribution in [0.3, 0.4) is 0 Å². The molecule has 0 aliphatic heterocycles. The van der Waals surface area contributed by atoms with Gasteiger partial charge in [-0.25, -0.2) is 4.21 Å². The van der Waals surface area contributed by atoms with Crippen LogP contribution in [0.25, 0.3) is 65.4 Å². The zero-order chi connectivity index (χ0) is 36.2. The zero-order valence-electron chi connectivity index (χ0n) is 29.5. The second-order valence-corrected chi connectivity index (χ2v) is 15.2. The van der Waals surface area contributed by atoms with Gasteiger partial charge in [0, 0.05) is 15.7 Å². The van der Waals surface area contributed by atoms with Gasteiger partial charge in [-0.05, 0) is 108 Å². The molecule has 0 spiro atoms. The van der Waals surface area contributed by atoms with E-state index in [0.717, 1.165) is 93.1 Å². The molecule has 0 saturated heterocycles. The number of furan rings is 1. The Kier molecular flexibility index (Phi) is 7.82. The molecule has 10 rings (SSSR count). The number of fused-ring (bicyclic) bond motifs is 8. The average Bonchev–Trinajstić information content (AvgIpc) is 3.63. The normalized spacial score (nSPS) is 14.4. The van der Waals surface area contributed by atoms with Crippen molar-refractivity contribution >= 4 is 76.2 Å². The van der Waals surface area contributed by atoms with E-state index in [2.05, 4.69) is 140 Å². The summed E-state index contributed by atoms with van der Waals surface area (Å²) < 4.78 is 20.7. The predicted octanol–water partition coefficient (Wildman–Crippen LogP) is 13.6. The lowest BCUT2D eigenvalue weighted by atomic mass is 9.82. The van der Waals surface area contributed by atoms with Crippen molar-refractivity contribution in [3.05, 3.63) is 216 Å². The number of rotatable bonds is 6. The minimum absolute atomic E-state index is 0.790. The first-order valence-electron chi connectivity index (χ1n) is 18.3. The van der Waals surface area contributed by atoms with Crippen molar-refractivity contribution < 1.29 is 8.63 Å². The summed E-state index contributed by atoms with van der Waals surface area (Å²) in [7, 11) is -1.33. The van der Waals surface area contributed by atoms with E-state index in [4.69, 9.17) is 11.0 Å². The van der Waals surface area contributed by atoms with Gasteiger partial charge in [-0.1, -0.05) is 158 Å². The van der Waals surface area contributed by atoms with E-state index in [9.17, 15) is 4.21 Å². The van der Waals surface area contributed by atoms with E-state index >= 15 is 0 Å². The molecule has 8 aromatic carbocycles. The fourth-order valence-corrected chi connectivity index (χ4v) is 9.50. The van der Waals surface area contributed by atoms with Crippen molar-refractivity contribution in [3.8, 4) is 0 Å². The van der Waals surface area contributed by atoms with E-state index in [1.54, 1.807) is 0 Å². The summed E-state index contributed by atoms with van der Waals surface area (Å²) in [5.74, 6) is 0. The maximum atomic E-state index is 14.0.